The van der Waals surface area contributed by atoms with Gasteiger partial charge in [-0.05, 0) is 61.3 Å². The van der Waals surface area contributed by atoms with E-state index in [1.54, 1.807) is 4.90 Å². The zero-order valence-electron chi connectivity index (χ0n) is 15.3. The van der Waals surface area contributed by atoms with E-state index in [2.05, 4.69) is 30.8 Å². The summed E-state index contributed by atoms with van der Waals surface area (Å²) in [7, 11) is 0. The first-order valence-electron chi connectivity index (χ1n) is 8.93. The molecule has 26 heavy (non-hydrogen) atoms. The van der Waals surface area contributed by atoms with Gasteiger partial charge in [-0.15, -0.1) is 13.2 Å². The summed E-state index contributed by atoms with van der Waals surface area (Å²) in [6.45, 7) is 7.29. The summed E-state index contributed by atoms with van der Waals surface area (Å²) in [6.07, 6.45) is -0.743. The van der Waals surface area contributed by atoms with Gasteiger partial charge in [0.2, 0.25) is 0 Å². The molecule has 144 valence electrons. The van der Waals surface area contributed by atoms with Gasteiger partial charge in [0.25, 0.3) is 0 Å². The zero-order valence-corrected chi connectivity index (χ0v) is 15.3. The van der Waals surface area contributed by atoms with Crippen LogP contribution in [-0.2, 0) is 0 Å². The van der Waals surface area contributed by atoms with Crippen LogP contribution in [0.5, 0.6) is 5.75 Å². The van der Waals surface area contributed by atoms with E-state index in [1.165, 1.54) is 24.3 Å². The van der Waals surface area contributed by atoms with Gasteiger partial charge in [-0.25, -0.2) is 4.79 Å². The zero-order chi connectivity index (χ0) is 19.2. The number of ether oxygens (including phenoxy) is 1. The summed E-state index contributed by atoms with van der Waals surface area (Å²) in [6, 6.07) is 5.25. The standard InChI is InChI=1S/C19H25F3N2O2/c1-17(2,3)13-8-10-18(11-9-13)12-24(16(25)23-18)14-4-6-15(7-5-14)26-19(20,21)22/h4-7,13H,8-12H2,1-3H3,(H,23,25). The Morgan fingerprint density at radius 1 is 1.12 bits per heavy atom. The van der Waals surface area contributed by atoms with Crippen molar-refractivity contribution in [2.24, 2.45) is 11.3 Å². The SMILES string of the molecule is CC(C)(C)C1CCC2(CC1)CN(c1ccc(OC(F)(F)F)cc1)C(=O)N2. The Morgan fingerprint density at radius 2 is 1.69 bits per heavy atom. The van der Waals surface area contributed by atoms with E-state index >= 15 is 0 Å². The third-order valence-electron chi connectivity index (χ3n) is 5.63. The molecule has 7 heteroatoms. The van der Waals surface area contributed by atoms with Gasteiger partial charge >= 0.3 is 12.4 Å². The minimum Gasteiger partial charge on any atom is -0.406 e. The number of alkyl halides is 3. The highest BCUT2D eigenvalue weighted by Gasteiger charge is 2.46. The van der Waals surface area contributed by atoms with Crippen LogP contribution in [0.3, 0.4) is 0 Å². The van der Waals surface area contributed by atoms with Gasteiger partial charge in [0.15, 0.2) is 0 Å². The first-order valence-corrected chi connectivity index (χ1v) is 8.93. The third-order valence-corrected chi connectivity index (χ3v) is 5.63. The summed E-state index contributed by atoms with van der Waals surface area (Å²) >= 11 is 0. The van der Waals surface area contributed by atoms with Crippen molar-refractivity contribution >= 4 is 11.7 Å². The molecule has 0 aromatic heterocycles. The van der Waals surface area contributed by atoms with Gasteiger partial charge in [-0.2, -0.15) is 0 Å². The summed E-state index contributed by atoms with van der Waals surface area (Å²) in [5.41, 5.74) is 0.602. The van der Waals surface area contributed by atoms with Crippen molar-refractivity contribution in [1.29, 1.82) is 0 Å². The number of rotatable bonds is 2. The lowest BCUT2D eigenvalue weighted by atomic mass is 9.67. The number of carbonyl (C=O) groups is 1. The van der Waals surface area contributed by atoms with E-state index in [9.17, 15) is 18.0 Å². The van der Waals surface area contributed by atoms with Crippen LogP contribution in [0, 0.1) is 11.3 Å². The lowest BCUT2D eigenvalue weighted by Crippen LogP contribution is -2.47. The topological polar surface area (TPSA) is 41.6 Å². The van der Waals surface area contributed by atoms with Gasteiger partial charge in [0, 0.05) is 5.69 Å². The number of carbonyl (C=O) groups excluding carboxylic acids is 1. The fourth-order valence-corrected chi connectivity index (χ4v) is 4.06. The number of nitrogens with zero attached hydrogens (tertiary/aromatic N) is 1. The molecule has 0 radical (unpaired) electrons. The van der Waals surface area contributed by atoms with Gasteiger partial charge in [-0.1, -0.05) is 20.8 Å². The van der Waals surface area contributed by atoms with Crippen molar-refractivity contribution < 1.29 is 22.7 Å². The van der Waals surface area contributed by atoms with Crippen molar-refractivity contribution in [3.63, 3.8) is 0 Å². The highest BCUT2D eigenvalue weighted by atomic mass is 19.4. The van der Waals surface area contributed by atoms with Crippen LogP contribution in [0.15, 0.2) is 24.3 Å². The Labute approximate surface area is 151 Å². The van der Waals surface area contributed by atoms with Crippen molar-refractivity contribution in [3.8, 4) is 5.75 Å². The number of amides is 2. The molecule has 0 bridgehead atoms. The van der Waals surface area contributed by atoms with Crippen LogP contribution >= 0.6 is 0 Å². The second-order valence-corrected chi connectivity index (χ2v) is 8.48. The number of hydrogen-bond donors (Lipinski definition) is 1. The summed E-state index contributed by atoms with van der Waals surface area (Å²) in [5, 5.41) is 3.12. The predicted molar refractivity (Wildman–Crippen MR) is 93.1 cm³/mol. The molecule has 1 heterocycles. The number of nitrogens with one attached hydrogen (secondary N) is 1. The Hall–Kier alpha value is -1.92. The molecular weight excluding hydrogens is 345 g/mol. The van der Waals surface area contributed by atoms with Crippen LogP contribution in [-0.4, -0.2) is 24.5 Å². The van der Waals surface area contributed by atoms with Crippen LogP contribution in [0.2, 0.25) is 0 Å². The number of hydrogen-bond acceptors (Lipinski definition) is 2. The summed E-state index contributed by atoms with van der Waals surface area (Å²) < 4.78 is 40.7. The van der Waals surface area contributed by atoms with Crippen LogP contribution in [0.1, 0.15) is 46.5 Å². The quantitative estimate of drug-likeness (QED) is 0.788. The van der Waals surface area contributed by atoms with Crippen LogP contribution in [0.25, 0.3) is 0 Å². The van der Waals surface area contributed by atoms with Crippen LogP contribution < -0.4 is 15.0 Å². The van der Waals surface area contributed by atoms with Crippen molar-refractivity contribution in [2.75, 3.05) is 11.4 Å². The van der Waals surface area contributed by atoms with E-state index in [0.29, 0.717) is 18.2 Å². The van der Waals surface area contributed by atoms with Gasteiger partial charge in [0.05, 0.1) is 12.1 Å². The molecule has 2 aliphatic rings. The summed E-state index contributed by atoms with van der Waals surface area (Å²) in [5.74, 6) is 0.346. The van der Waals surface area contributed by atoms with Crippen molar-refractivity contribution in [2.45, 2.75) is 58.4 Å². The predicted octanol–water partition coefficient (Wildman–Crippen LogP) is 5.09. The second kappa shape index (κ2) is 6.35. The first-order chi connectivity index (χ1) is 12.0. The second-order valence-electron chi connectivity index (χ2n) is 8.48. The van der Waals surface area contributed by atoms with Gasteiger partial charge in [-0.3, -0.25) is 4.90 Å². The molecule has 1 aliphatic carbocycles. The van der Waals surface area contributed by atoms with E-state index in [-0.39, 0.29) is 22.7 Å². The molecule has 1 aromatic carbocycles. The molecule has 2 fully saturated rings. The molecule has 3 rings (SSSR count). The van der Waals surface area contributed by atoms with E-state index in [1.807, 2.05) is 0 Å². The Balaban J connectivity index is 1.67. The normalized spacial score (nSPS) is 26.9. The monoisotopic (exact) mass is 370 g/mol. The molecule has 1 N–H and O–H groups in total. The average molecular weight is 370 g/mol. The molecule has 2 amide bonds. The number of urea groups is 1. The fourth-order valence-electron chi connectivity index (χ4n) is 4.06. The van der Waals surface area contributed by atoms with E-state index < -0.39 is 6.36 Å². The largest absolute Gasteiger partial charge is 0.573 e. The highest BCUT2D eigenvalue weighted by molar-refractivity contribution is 5.95. The average Bonchev–Trinajstić information content (AvgIpc) is 2.82. The van der Waals surface area contributed by atoms with Gasteiger partial charge in [0.1, 0.15) is 5.75 Å². The smallest absolute Gasteiger partial charge is 0.406 e. The summed E-state index contributed by atoms with van der Waals surface area (Å²) in [4.78, 5) is 14.0. The van der Waals surface area contributed by atoms with E-state index in [4.69, 9.17) is 0 Å². The fraction of sp³-hybridized carbons (Fsp3) is 0.632. The molecule has 1 aliphatic heterocycles. The maximum absolute atomic E-state index is 12.4. The molecule has 0 atom stereocenters. The molecule has 1 spiro atoms. The highest BCUT2D eigenvalue weighted by Crippen LogP contribution is 2.43. The molecule has 1 saturated heterocycles. The van der Waals surface area contributed by atoms with E-state index in [0.717, 1.165) is 25.7 Å². The Kier molecular flexibility index (Phi) is 4.61. The number of benzene rings is 1. The molecule has 4 nitrogen and oxygen atoms in total. The third kappa shape index (κ3) is 4.07. The van der Waals surface area contributed by atoms with Crippen molar-refractivity contribution in [1.82, 2.24) is 5.32 Å². The maximum Gasteiger partial charge on any atom is 0.573 e. The molecular formula is C19H25F3N2O2. The van der Waals surface area contributed by atoms with Gasteiger partial charge < -0.3 is 10.1 Å². The number of anilines is 1. The minimum absolute atomic E-state index is 0.191. The molecule has 0 unspecified atom stereocenters. The van der Waals surface area contributed by atoms with Crippen molar-refractivity contribution in [3.05, 3.63) is 24.3 Å². The number of halogens is 3. The maximum atomic E-state index is 12.4. The Morgan fingerprint density at radius 3 is 2.19 bits per heavy atom. The molecule has 1 aromatic rings. The molecule has 1 saturated carbocycles. The Bertz CT molecular complexity index is 657. The first kappa shape index (κ1) is 18.9. The lowest BCUT2D eigenvalue weighted by molar-refractivity contribution is -0.274. The lowest BCUT2D eigenvalue weighted by Gasteiger charge is -2.41. The van der Waals surface area contributed by atoms with Crippen LogP contribution in [0.4, 0.5) is 23.7 Å². The minimum atomic E-state index is -4.72.